The van der Waals surface area contributed by atoms with Crippen LogP contribution in [0.4, 0.5) is 0 Å². The van der Waals surface area contributed by atoms with Gasteiger partial charge < -0.3 is 5.11 Å². The van der Waals surface area contributed by atoms with Crippen molar-refractivity contribution in [1.82, 2.24) is 24.8 Å². The van der Waals surface area contributed by atoms with Crippen LogP contribution in [0, 0.1) is 0 Å². The lowest BCUT2D eigenvalue weighted by Gasteiger charge is -2.08. The zero-order valence-corrected chi connectivity index (χ0v) is 11.8. The van der Waals surface area contributed by atoms with Gasteiger partial charge in [0.25, 0.3) is 0 Å². The van der Waals surface area contributed by atoms with Crippen LogP contribution in [0.25, 0.3) is 0 Å². The van der Waals surface area contributed by atoms with Crippen molar-refractivity contribution in [2.75, 3.05) is 0 Å². The summed E-state index contributed by atoms with van der Waals surface area (Å²) in [6, 6.07) is 2.62. The van der Waals surface area contributed by atoms with Crippen molar-refractivity contribution < 1.29 is 5.11 Å². The summed E-state index contributed by atoms with van der Waals surface area (Å²) in [6.07, 6.45) is 9.20. The van der Waals surface area contributed by atoms with E-state index in [0.717, 1.165) is 11.4 Å². The molecule has 1 aliphatic carbocycles. The molecule has 2 aromatic heterocycles. The molecule has 0 saturated heterocycles. The summed E-state index contributed by atoms with van der Waals surface area (Å²) in [5, 5.41) is 22.1. The number of aliphatic hydroxyl groups is 1. The Morgan fingerprint density at radius 3 is 2.90 bits per heavy atom. The van der Waals surface area contributed by atoms with Crippen molar-refractivity contribution in [2.24, 2.45) is 0 Å². The zero-order valence-electron chi connectivity index (χ0n) is 11.8. The monoisotopic (exact) mass is 275 g/mol. The van der Waals surface area contributed by atoms with Crippen molar-refractivity contribution in [3.05, 3.63) is 29.8 Å². The average Bonchev–Trinajstić information content (AvgIpc) is 3.09. The summed E-state index contributed by atoms with van der Waals surface area (Å²) < 4.78 is 3.87. The molecule has 1 N–H and O–H groups in total. The van der Waals surface area contributed by atoms with Crippen LogP contribution in [-0.2, 0) is 13.0 Å². The number of aromatic nitrogens is 5. The van der Waals surface area contributed by atoms with E-state index in [1.54, 1.807) is 11.6 Å². The van der Waals surface area contributed by atoms with E-state index in [2.05, 4.69) is 26.3 Å². The molecule has 1 saturated carbocycles. The Hall–Kier alpha value is -1.69. The highest BCUT2D eigenvalue weighted by atomic mass is 16.3. The van der Waals surface area contributed by atoms with Crippen LogP contribution in [-0.4, -0.2) is 36.0 Å². The molecule has 2 aromatic rings. The summed E-state index contributed by atoms with van der Waals surface area (Å²) in [4.78, 5) is 0. The van der Waals surface area contributed by atoms with Gasteiger partial charge in [0.15, 0.2) is 0 Å². The number of hydrogen-bond donors (Lipinski definition) is 1. The van der Waals surface area contributed by atoms with Crippen LogP contribution >= 0.6 is 0 Å². The molecule has 0 aliphatic heterocycles. The van der Waals surface area contributed by atoms with E-state index in [0.29, 0.717) is 19.0 Å². The van der Waals surface area contributed by atoms with Crippen molar-refractivity contribution in [3.63, 3.8) is 0 Å². The van der Waals surface area contributed by atoms with Crippen LogP contribution in [0.2, 0.25) is 0 Å². The van der Waals surface area contributed by atoms with Crippen LogP contribution < -0.4 is 0 Å². The van der Waals surface area contributed by atoms with Crippen LogP contribution in [0.5, 0.6) is 0 Å². The van der Waals surface area contributed by atoms with Crippen molar-refractivity contribution >= 4 is 0 Å². The number of aliphatic hydroxyl groups excluding tert-OH is 1. The smallest absolute Gasteiger partial charge is 0.0867 e. The maximum absolute atomic E-state index is 9.34. The average molecular weight is 275 g/mol. The molecular formula is C14H21N5O. The minimum absolute atomic E-state index is 0.387. The van der Waals surface area contributed by atoms with Gasteiger partial charge in [-0.3, -0.25) is 4.68 Å². The van der Waals surface area contributed by atoms with Gasteiger partial charge in [0.1, 0.15) is 0 Å². The lowest BCUT2D eigenvalue weighted by molar-refractivity contribution is 0.194. The van der Waals surface area contributed by atoms with Gasteiger partial charge in [-0.2, -0.15) is 5.10 Å². The van der Waals surface area contributed by atoms with Gasteiger partial charge in [-0.05, 0) is 25.8 Å². The third-order valence-electron chi connectivity index (χ3n) is 3.78. The molecule has 0 aromatic carbocycles. The molecule has 0 bridgehead atoms. The predicted octanol–water partition coefficient (Wildman–Crippen LogP) is 1.56. The van der Waals surface area contributed by atoms with Gasteiger partial charge in [0.2, 0.25) is 0 Å². The molecule has 108 valence electrons. The quantitative estimate of drug-likeness (QED) is 0.899. The Labute approximate surface area is 118 Å². The van der Waals surface area contributed by atoms with Gasteiger partial charge in [0, 0.05) is 18.8 Å². The normalized spacial score (nSPS) is 17.7. The van der Waals surface area contributed by atoms with Gasteiger partial charge in [-0.1, -0.05) is 18.1 Å². The topological polar surface area (TPSA) is 68.8 Å². The first-order chi connectivity index (χ1) is 9.70. The van der Waals surface area contributed by atoms with E-state index >= 15 is 0 Å². The molecule has 6 nitrogen and oxygen atoms in total. The SMILES string of the molecule is CC(O)Cc1cn(Cc2ccn(C3CCCC3)n2)nn1. The Balaban J connectivity index is 1.64. The second-order valence-electron chi connectivity index (χ2n) is 5.69. The third kappa shape index (κ3) is 3.07. The van der Waals surface area contributed by atoms with Crippen molar-refractivity contribution in [2.45, 2.75) is 57.7 Å². The van der Waals surface area contributed by atoms with Gasteiger partial charge >= 0.3 is 0 Å². The second-order valence-corrected chi connectivity index (χ2v) is 5.69. The summed E-state index contributed by atoms with van der Waals surface area (Å²) in [7, 11) is 0. The Morgan fingerprint density at radius 2 is 2.15 bits per heavy atom. The molecule has 1 aliphatic rings. The third-order valence-corrected chi connectivity index (χ3v) is 3.78. The summed E-state index contributed by atoms with van der Waals surface area (Å²) in [5.41, 5.74) is 1.82. The molecule has 3 rings (SSSR count). The lowest BCUT2D eigenvalue weighted by atomic mass is 10.2. The van der Waals surface area contributed by atoms with E-state index in [1.807, 2.05) is 12.3 Å². The van der Waals surface area contributed by atoms with Crippen LogP contribution in [0.1, 0.15) is 50.0 Å². The van der Waals surface area contributed by atoms with E-state index < -0.39 is 0 Å². The van der Waals surface area contributed by atoms with E-state index in [4.69, 9.17) is 0 Å². The molecule has 0 radical (unpaired) electrons. The Bertz CT molecular complexity index is 553. The van der Waals surface area contributed by atoms with E-state index in [-0.39, 0.29) is 6.10 Å². The van der Waals surface area contributed by atoms with Crippen molar-refractivity contribution in [3.8, 4) is 0 Å². The van der Waals surface area contributed by atoms with Crippen LogP contribution in [0.15, 0.2) is 18.5 Å². The molecule has 0 spiro atoms. The summed E-state index contributed by atoms with van der Waals surface area (Å²) in [5.74, 6) is 0. The van der Waals surface area contributed by atoms with Gasteiger partial charge in [-0.15, -0.1) is 5.10 Å². The zero-order chi connectivity index (χ0) is 13.9. The molecule has 1 fully saturated rings. The summed E-state index contributed by atoms with van der Waals surface area (Å²) in [6.45, 7) is 2.38. The molecule has 1 unspecified atom stereocenters. The molecular weight excluding hydrogens is 254 g/mol. The second kappa shape index (κ2) is 5.75. The standard InChI is InChI=1S/C14H21N5O/c1-11(20)8-13-10-18(17-15-13)9-12-6-7-19(16-12)14-4-2-3-5-14/h6-7,10-11,14,20H,2-5,8-9H2,1H3. The number of hydrogen-bond acceptors (Lipinski definition) is 4. The number of nitrogens with zero attached hydrogens (tertiary/aromatic N) is 5. The predicted molar refractivity (Wildman–Crippen MR) is 74.2 cm³/mol. The first kappa shape index (κ1) is 13.3. The lowest BCUT2D eigenvalue weighted by Crippen LogP contribution is -2.07. The van der Waals surface area contributed by atoms with Gasteiger partial charge in [0.05, 0.1) is 30.1 Å². The molecule has 1 atom stereocenters. The molecule has 0 amide bonds. The fraction of sp³-hybridized carbons (Fsp3) is 0.643. The fourth-order valence-electron chi connectivity index (χ4n) is 2.81. The van der Waals surface area contributed by atoms with Gasteiger partial charge in [-0.25, -0.2) is 4.68 Å². The fourth-order valence-corrected chi connectivity index (χ4v) is 2.81. The first-order valence-corrected chi connectivity index (χ1v) is 7.32. The van der Waals surface area contributed by atoms with Crippen molar-refractivity contribution in [1.29, 1.82) is 0 Å². The minimum Gasteiger partial charge on any atom is -0.393 e. The number of rotatable bonds is 5. The van der Waals surface area contributed by atoms with Crippen LogP contribution in [0.3, 0.4) is 0 Å². The summed E-state index contributed by atoms with van der Waals surface area (Å²) >= 11 is 0. The largest absolute Gasteiger partial charge is 0.393 e. The Kier molecular flexibility index (Phi) is 3.82. The highest BCUT2D eigenvalue weighted by Crippen LogP contribution is 2.28. The molecule has 20 heavy (non-hydrogen) atoms. The minimum atomic E-state index is -0.387. The maximum Gasteiger partial charge on any atom is 0.0867 e. The first-order valence-electron chi connectivity index (χ1n) is 7.32. The Morgan fingerprint density at radius 1 is 1.35 bits per heavy atom. The highest BCUT2D eigenvalue weighted by Gasteiger charge is 2.17. The van der Waals surface area contributed by atoms with E-state index in [1.165, 1.54) is 25.7 Å². The van der Waals surface area contributed by atoms with E-state index in [9.17, 15) is 5.11 Å². The molecule has 6 heteroatoms. The maximum atomic E-state index is 9.34. The molecule has 2 heterocycles. The highest BCUT2D eigenvalue weighted by molar-refractivity contribution is 5.02.